The van der Waals surface area contributed by atoms with Crippen molar-refractivity contribution in [2.75, 3.05) is 33.2 Å². The van der Waals surface area contributed by atoms with E-state index in [0.717, 1.165) is 4.88 Å². The summed E-state index contributed by atoms with van der Waals surface area (Å²) in [6.45, 7) is 9.32. The van der Waals surface area contributed by atoms with Crippen LogP contribution in [0.25, 0.3) is 0 Å². The maximum Gasteiger partial charge on any atom is 0.410 e. The van der Waals surface area contributed by atoms with Gasteiger partial charge in [-0.25, -0.2) is 4.79 Å². The van der Waals surface area contributed by atoms with E-state index in [4.69, 9.17) is 16.3 Å². The summed E-state index contributed by atoms with van der Waals surface area (Å²) in [7, 11) is 1.68. The number of nitrogens with one attached hydrogen (secondary N) is 2. The third kappa shape index (κ3) is 8.73. The molecule has 9 heteroatoms. The van der Waals surface area contributed by atoms with Crippen molar-refractivity contribution in [3.05, 3.63) is 21.3 Å². The summed E-state index contributed by atoms with van der Waals surface area (Å²) in [4.78, 5) is 18.6. The highest BCUT2D eigenvalue weighted by molar-refractivity contribution is 7.16. The standard InChI is InChI=1S/C17H29ClN4O3S/c1-6-19-15(21-11-12(23)13-7-8-14(18)26-13)20-9-10-22(5)16(24)25-17(2,3)4/h7-8,12,23H,6,9-11H2,1-5H3,(H2,19,20,21). The number of carbonyl (C=O) groups excluding carboxylic acids is 1. The van der Waals surface area contributed by atoms with Crippen LogP contribution in [0.3, 0.4) is 0 Å². The van der Waals surface area contributed by atoms with E-state index in [2.05, 4.69) is 15.6 Å². The van der Waals surface area contributed by atoms with Crippen molar-refractivity contribution in [2.45, 2.75) is 39.4 Å². The van der Waals surface area contributed by atoms with E-state index >= 15 is 0 Å². The summed E-state index contributed by atoms with van der Waals surface area (Å²) in [6.07, 6.45) is -1.07. The maximum atomic E-state index is 11.9. The number of rotatable bonds is 7. The van der Waals surface area contributed by atoms with Gasteiger partial charge in [0.15, 0.2) is 5.96 Å². The fourth-order valence-corrected chi connectivity index (χ4v) is 2.93. The number of aliphatic imine (C=N–C) groups is 1. The predicted octanol–water partition coefficient (Wildman–Crippen LogP) is 2.86. The number of ether oxygens (including phenoxy) is 1. The lowest BCUT2D eigenvalue weighted by atomic mass is 10.2. The van der Waals surface area contributed by atoms with Crippen LogP contribution in [-0.2, 0) is 4.74 Å². The van der Waals surface area contributed by atoms with Gasteiger partial charge in [0.2, 0.25) is 0 Å². The minimum atomic E-state index is -0.701. The van der Waals surface area contributed by atoms with Gasteiger partial charge in [-0.1, -0.05) is 11.6 Å². The van der Waals surface area contributed by atoms with E-state index < -0.39 is 11.7 Å². The van der Waals surface area contributed by atoms with E-state index in [-0.39, 0.29) is 12.6 Å². The lowest BCUT2D eigenvalue weighted by Crippen LogP contribution is -2.43. The second-order valence-corrected chi connectivity index (χ2v) is 8.45. The van der Waals surface area contributed by atoms with Gasteiger partial charge in [0, 0.05) is 31.6 Å². The van der Waals surface area contributed by atoms with Gasteiger partial charge >= 0.3 is 6.09 Å². The number of hydrogen-bond donors (Lipinski definition) is 3. The molecule has 1 amide bonds. The first-order valence-corrected chi connectivity index (χ1v) is 9.71. The van der Waals surface area contributed by atoms with Crippen LogP contribution in [0.15, 0.2) is 17.1 Å². The molecule has 26 heavy (non-hydrogen) atoms. The molecule has 7 nitrogen and oxygen atoms in total. The van der Waals surface area contributed by atoms with E-state index in [1.165, 1.54) is 16.2 Å². The Morgan fingerprint density at radius 3 is 2.65 bits per heavy atom. The number of halogens is 1. The van der Waals surface area contributed by atoms with Crippen LogP contribution in [-0.4, -0.2) is 60.9 Å². The van der Waals surface area contributed by atoms with Gasteiger partial charge in [0.1, 0.15) is 11.7 Å². The number of hydrogen-bond acceptors (Lipinski definition) is 5. The van der Waals surface area contributed by atoms with Crippen LogP contribution in [0.5, 0.6) is 0 Å². The molecule has 0 radical (unpaired) electrons. The maximum absolute atomic E-state index is 11.9. The highest BCUT2D eigenvalue weighted by Crippen LogP contribution is 2.26. The summed E-state index contributed by atoms with van der Waals surface area (Å²) >= 11 is 7.22. The summed E-state index contributed by atoms with van der Waals surface area (Å²) in [6, 6.07) is 3.55. The first kappa shape index (κ1) is 22.5. The van der Waals surface area contributed by atoms with Crippen molar-refractivity contribution in [1.82, 2.24) is 15.5 Å². The lowest BCUT2D eigenvalue weighted by Gasteiger charge is -2.25. The summed E-state index contributed by atoms with van der Waals surface area (Å²) in [5, 5.41) is 16.4. The van der Waals surface area contributed by atoms with Gasteiger partial charge in [-0.2, -0.15) is 0 Å². The Balaban J connectivity index is 2.48. The summed E-state index contributed by atoms with van der Waals surface area (Å²) in [5.74, 6) is 0.576. The zero-order valence-electron chi connectivity index (χ0n) is 16.0. The second-order valence-electron chi connectivity index (χ2n) is 6.71. The Hall–Kier alpha value is -1.51. The molecule has 148 valence electrons. The molecule has 1 heterocycles. The molecule has 0 bridgehead atoms. The topological polar surface area (TPSA) is 86.2 Å². The van der Waals surface area contributed by atoms with E-state index in [0.29, 0.717) is 29.9 Å². The average molecular weight is 405 g/mol. The largest absolute Gasteiger partial charge is 0.444 e. The average Bonchev–Trinajstić information content (AvgIpc) is 2.97. The molecule has 0 saturated carbocycles. The van der Waals surface area contributed by atoms with Crippen molar-refractivity contribution < 1.29 is 14.6 Å². The van der Waals surface area contributed by atoms with Crippen molar-refractivity contribution in [3.8, 4) is 0 Å². The third-order valence-electron chi connectivity index (χ3n) is 3.13. The van der Waals surface area contributed by atoms with Gasteiger partial charge in [0.05, 0.1) is 10.9 Å². The molecule has 1 aromatic rings. The predicted molar refractivity (Wildman–Crippen MR) is 107 cm³/mol. The highest BCUT2D eigenvalue weighted by Gasteiger charge is 2.19. The molecule has 0 aliphatic carbocycles. The van der Waals surface area contributed by atoms with Crippen LogP contribution in [0.1, 0.15) is 38.7 Å². The van der Waals surface area contributed by atoms with Crippen LogP contribution in [0, 0.1) is 0 Å². The second kappa shape index (κ2) is 10.6. The molecule has 3 N–H and O–H groups in total. The first-order valence-electron chi connectivity index (χ1n) is 8.52. The van der Waals surface area contributed by atoms with Gasteiger partial charge < -0.3 is 25.4 Å². The van der Waals surface area contributed by atoms with Crippen molar-refractivity contribution in [2.24, 2.45) is 4.99 Å². The Morgan fingerprint density at radius 2 is 2.12 bits per heavy atom. The molecule has 0 saturated heterocycles. The number of amides is 1. The number of aliphatic hydroxyl groups excluding tert-OH is 1. The van der Waals surface area contributed by atoms with Crippen molar-refractivity contribution in [1.29, 1.82) is 0 Å². The molecule has 0 aliphatic rings. The number of guanidine groups is 1. The van der Waals surface area contributed by atoms with Crippen LogP contribution in [0.2, 0.25) is 4.34 Å². The molecule has 0 aromatic carbocycles. The minimum absolute atomic E-state index is 0.216. The van der Waals surface area contributed by atoms with E-state index in [9.17, 15) is 9.90 Å². The Morgan fingerprint density at radius 1 is 1.42 bits per heavy atom. The monoisotopic (exact) mass is 404 g/mol. The molecular formula is C17H29ClN4O3S. The van der Waals surface area contributed by atoms with Gasteiger partial charge in [-0.15, -0.1) is 11.3 Å². The van der Waals surface area contributed by atoms with Gasteiger partial charge in [0.25, 0.3) is 0 Å². The number of thiophene rings is 1. The van der Waals surface area contributed by atoms with E-state index in [1.54, 1.807) is 19.2 Å². The fraction of sp³-hybridized carbons (Fsp3) is 0.647. The molecule has 0 fully saturated rings. The van der Waals surface area contributed by atoms with Crippen molar-refractivity contribution in [3.63, 3.8) is 0 Å². The van der Waals surface area contributed by atoms with Crippen LogP contribution < -0.4 is 10.6 Å². The van der Waals surface area contributed by atoms with Crippen molar-refractivity contribution >= 4 is 35.0 Å². The number of nitrogens with zero attached hydrogens (tertiary/aromatic N) is 2. The zero-order chi connectivity index (χ0) is 19.7. The molecule has 1 unspecified atom stereocenters. The zero-order valence-corrected chi connectivity index (χ0v) is 17.6. The fourth-order valence-electron chi connectivity index (χ4n) is 1.89. The first-order chi connectivity index (χ1) is 12.1. The Labute approximate surface area is 164 Å². The molecule has 1 rings (SSSR count). The quantitative estimate of drug-likeness (QED) is 0.480. The molecular weight excluding hydrogens is 376 g/mol. The number of carbonyl (C=O) groups is 1. The normalized spacial score (nSPS) is 13.3. The minimum Gasteiger partial charge on any atom is -0.444 e. The van der Waals surface area contributed by atoms with Gasteiger partial charge in [-0.3, -0.25) is 4.99 Å². The molecule has 0 spiro atoms. The summed E-state index contributed by atoms with van der Waals surface area (Å²) < 4.78 is 5.94. The highest BCUT2D eigenvalue weighted by atomic mass is 35.5. The SMILES string of the molecule is CCNC(=NCC(O)c1ccc(Cl)s1)NCCN(C)C(=O)OC(C)(C)C. The molecule has 0 aliphatic heterocycles. The van der Waals surface area contributed by atoms with Crippen LogP contribution in [0.4, 0.5) is 4.79 Å². The summed E-state index contributed by atoms with van der Waals surface area (Å²) in [5.41, 5.74) is -0.518. The number of aliphatic hydroxyl groups is 1. The third-order valence-corrected chi connectivity index (χ3v) is 4.47. The van der Waals surface area contributed by atoms with Crippen LogP contribution >= 0.6 is 22.9 Å². The van der Waals surface area contributed by atoms with E-state index in [1.807, 2.05) is 27.7 Å². The van der Waals surface area contributed by atoms with Gasteiger partial charge in [-0.05, 0) is 39.8 Å². The Bertz CT molecular complexity index is 601. The molecule has 1 aromatic heterocycles. The number of likely N-dealkylation sites (N-methyl/N-ethyl adjacent to an activating group) is 1. The molecule has 1 atom stereocenters. The lowest BCUT2D eigenvalue weighted by molar-refractivity contribution is 0.0302. The smallest absolute Gasteiger partial charge is 0.410 e. The Kier molecular flexibility index (Phi) is 9.18.